The van der Waals surface area contributed by atoms with Crippen molar-refractivity contribution in [1.82, 2.24) is 9.97 Å². The molecule has 0 unspecified atom stereocenters. The van der Waals surface area contributed by atoms with Gasteiger partial charge < -0.3 is 54.4 Å². The number of ether oxygens (including phenoxy) is 3. The normalized spacial score (nSPS) is 12.1. The quantitative estimate of drug-likeness (QED) is 0.0380. The van der Waals surface area contributed by atoms with Crippen molar-refractivity contribution < 1.29 is 56.3 Å². The molecule has 0 bridgehead atoms. The average molecular weight is 1320 g/mol. The zero-order chi connectivity index (χ0) is 48.0. The molecule has 13 nitrogen and oxygen atoms in total. The molecule has 0 spiro atoms. The summed E-state index contributed by atoms with van der Waals surface area (Å²) in [6.45, 7) is 6.12. The minimum absolute atomic E-state index is 0. The first-order chi connectivity index (χ1) is 34.6. The Morgan fingerprint density at radius 1 is 0.514 bits per heavy atom. The maximum absolute atomic E-state index is 5.82. The van der Waals surface area contributed by atoms with Gasteiger partial charge >= 0.3 is 0 Å². The van der Waals surface area contributed by atoms with Gasteiger partial charge in [-0.1, -0.05) is 97.6 Å². The minimum Gasteiger partial charge on any atom is -0.502 e. The number of hydrogen-bond donors (Lipinski definition) is 0. The molecule has 0 atom stereocenters. The van der Waals surface area contributed by atoms with E-state index in [1.54, 1.807) is 12.7 Å². The van der Waals surface area contributed by atoms with Gasteiger partial charge in [-0.05, 0) is 85.4 Å². The number of nitrogens with zero attached hydrogens (tertiary/aromatic N) is 10. The van der Waals surface area contributed by atoms with Gasteiger partial charge in [-0.25, -0.2) is 9.97 Å². The van der Waals surface area contributed by atoms with E-state index in [1.165, 1.54) is 0 Å². The van der Waals surface area contributed by atoms with E-state index in [0.717, 1.165) is 75.1 Å². The van der Waals surface area contributed by atoms with E-state index >= 15 is 0 Å². The molecule has 8 aromatic rings. The summed E-state index contributed by atoms with van der Waals surface area (Å²) in [4.78, 5) is 25.6. The summed E-state index contributed by atoms with van der Waals surface area (Å²) in [6.07, 6.45) is 7.48. The third-order valence-corrected chi connectivity index (χ3v) is 10.4. The Morgan fingerprint density at radius 3 is 1.46 bits per heavy atom. The third kappa shape index (κ3) is 16.1. The largest absolute Gasteiger partial charge is 0.502 e. The Morgan fingerprint density at radius 2 is 0.986 bits per heavy atom. The van der Waals surface area contributed by atoms with Crippen LogP contribution in [0.3, 0.4) is 0 Å². The molecule has 374 valence electrons. The van der Waals surface area contributed by atoms with E-state index in [9.17, 15) is 0 Å². The van der Waals surface area contributed by atoms with E-state index in [0.29, 0.717) is 26.4 Å². The van der Waals surface area contributed by atoms with Crippen molar-refractivity contribution in [2.24, 2.45) is 9.98 Å². The number of rotatable bonds is 17. The van der Waals surface area contributed by atoms with Crippen LogP contribution in [0.2, 0.25) is 0 Å². The molecule has 0 N–H and O–H groups in total. The summed E-state index contributed by atoms with van der Waals surface area (Å²) in [6, 6.07) is 64.8. The van der Waals surface area contributed by atoms with Gasteiger partial charge in [0.1, 0.15) is 29.7 Å². The predicted molar refractivity (Wildman–Crippen MR) is 283 cm³/mol. The monoisotopic (exact) mass is 1310 g/mol. The van der Waals surface area contributed by atoms with Gasteiger partial charge in [0, 0.05) is 78.9 Å². The summed E-state index contributed by atoms with van der Waals surface area (Å²) < 4.78 is 17.3. The molecule has 2 aliphatic heterocycles. The number of pyridine rings is 2. The fourth-order valence-electron chi connectivity index (χ4n) is 7.03. The van der Waals surface area contributed by atoms with Gasteiger partial charge in [-0.15, -0.1) is 11.4 Å². The van der Waals surface area contributed by atoms with Gasteiger partial charge in [0.25, 0.3) is 0 Å². The number of fused-ring (bicyclic) bond motifs is 2. The van der Waals surface area contributed by atoms with E-state index < -0.39 is 0 Å². The van der Waals surface area contributed by atoms with E-state index in [4.69, 9.17) is 14.2 Å². The van der Waals surface area contributed by atoms with E-state index in [2.05, 4.69) is 64.7 Å². The van der Waals surface area contributed by atoms with Crippen LogP contribution in [-0.4, -0.2) is 63.2 Å². The van der Waals surface area contributed by atoms with Crippen molar-refractivity contribution in [3.8, 4) is 11.5 Å². The van der Waals surface area contributed by atoms with Crippen molar-refractivity contribution in [3.05, 3.63) is 230 Å². The van der Waals surface area contributed by atoms with Gasteiger partial charge in [0.2, 0.25) is 0 Å². The second-order valence-corrected chi connectivity index (χ2v) is 15.5. The second kappa shape index (κ2) is 29.1. The number of aliphatic imine (C=N–C) groups is 2. The van der Waals surface area contributed by atoms with Crippen LogP contribution >= 0.6 is 0 Å². The molecule has 0 aliphatic carbocycles. The van der Waals surface area contributed by atoms with Crippen LogP contribution in [0, 0.1) is 25.5 Å². The van der Waals surface area contributed by atoms with Crippen LogP contribution in [0.4, 0.5) is 57.1 Å². The predicted octanol–water partition coefficient (Wildman–Crippen LogP) is 13.5. The van der Waals surface area contributed by atoms with Crippen molar-refractivity contribution in [3.63, 3.8) is 0 Å². The smallest absolute Gasteiger partial charge is 0.124 e. The van der Waals surface area contributed by atoms with Gasteiger partial charge in [0.05, 0.1) is 13.2 Å². The fraction of sp³-hybridized carbons (Fsp3) is 0.123. The zero-order valence-corrected chi connectivity index (χ0v) is 44.2. The SMILES string of the molecule is C(=Nc1ccccc1)[N-]c1cccc(OCCCOCCOc2cccc([N-]C=Nc3ccccc3)c2)c1.CN1[CH-]N(c2[c-]cccc2)c2ncccc21.CN1[CH-]N(c2[c-]cccc2)c2ncccc21.[Pt].[Pt]. The first-order valence-electron chi connectivity index (χ1n) is 22.8. The summed E-state index contributed by atoms with van der Waals surface area (Å²) in [5.41, 5.74) is 7.52. The summed E-state index contributed by atoms with van der Waals surface area (Å²) in [7, 11) is 4.03. The molecule has 0 amide bonds. The van der Waals surface area contributed by atoms with Gasteiger partial charge in [0.15, 0.2) is 0 Å². The van der Waals surface area contributed by atoms with Crippen molar-refractivity contribution >= 4 is 69.8 Å². The van der Waals surface area contributed by atoms with Crippen LogP contribution in [0.5, 0.6) is 11.5 Å². The summed E-state index contributed by atoms with van der Waals surface area (Å²) in [5.74, 6) is 3.41. The molecule has 6 aromatic carbocycles. The van der Waals surface area contributed by atoms with Gasteiger partial charge in [-0.2, -0.15) is 74.0 Å². The molecule has 4 heterocycles. The molecular formula is C57H52N10O3Pt2-6. The number of aromatic nitrogens is 2. The molecule has 0 radical (unpaired) electrons. The fourth-order valence-corrected chi connectivity index (χ4v) is 7.03. The van der Waals surface area contributed by atoms with Crippen LogP contribution in [0.25, 0.3) is 10.6 Å². The number of anilines is 6. The summed E-state index contributed by atoms with van der Waals surface area (Å²) >= 11 is 0. The first-order valence-corrected chi connectivity index (χ1v) is 22.8. The van der Waals surface area contributed by atoms with Crippen molar-refractivity contribution in [2.75, 3.05) is 60.1 Å². The maximum atomic E-state index is 5.82. The molecule has 2 aromatic heterocycles. The molecule has 72 heavy (non-hydrogen) atoms. The Bertz CT molecular complexity index is 2670. The molecule has 0 fully saturated rings. The Labute approximate surface area is 451 Å². The number of hydrogen-bond acceptors (Lipinski definition) is 11. The summed E-state index contributed by atoms with van der Waals surface area (Å²) in [5, 5.41) is 8.74. The molecule has 10 rings (SSSR count). The molecule has 2 aliphatic rings. The van der Waals surface area contributed by atoms with Gasteiger partial charge in [-0.3, -0.25) is 0 Å². The second-order valence-electron chi connectivity index (χ2n) is 15.5. The van der Waals surface area contributed by atoms with Crippen molar-refractivity contribution in [1.29, 1.82) is 0 Å². The zero-order valence-electron chi connectivity index (χ0n) is 39.6. The molecule has 0 saturated heterocycles. The third-order valence-electron chi connectivity index (χ3n) is 10.4. The number of para-hydroxylation sites is 4. The van der Waals surface area contributed by atoms with Crippen LogP contribution in [0.15, 0.2) is 204 Å². The topological polar surface area (TPSA) is 119 Å². The molecule has 0 saturated carbocycles. The average Bonchev–Trinajstić information content (AvgIpc) is 3.94. The number of benzene rings is 6. The van der Waals surface area contributed by atoms with E-state index in [1.807, 2.05) is 219 Å². The Balaban J connectivity index is 0.000000203. The minimum atomic E-state index is 0. The van der Waals surface area contributed by atoms with Crippen molar-refractivity contribution in [2.45, 2.75) is 6.42 Å². The molecular weight excluding hydrogens is 1260 g/mol. The standard InChI is InChI=1S/C31H30N4O3.2C13H11N3.2Pt/c1-3-10-26(11-4-1)32-24-34-28-14-7-16-30(22-28)37-19-9-18-36-20-21-38-31-17-8-15-29(23-31)35-25-33-27-12-5-2-6-13-27;2*1-15-10-16(11-6-3-2-4-7-11)13-12(15)8-5-9-14-13;;/h1-8,10-17,22-25H,9,18-21H2;2*2-6,8-10H,1H3;;/q3*-2;;. The first kappa shape index (κ1) is 54.0. The Hall–Kier alpha value is -7.30. The molecule has 15 heteroatoms. The van der Waals surface area contributed by atoms with Crippen LogP contribution in [-0.2, 0) is 46.9 Å². The van der Waals surface area contributed by atoms with E-state index in [-0.39, 0.29) is 42.1 Å². The van der Waals surface area contributed by atoms with Crippen LogP contribution in [0.1, 0.15) is 6.42 Å². The Kier molecular flexibility index (Phi) is 21.9. The van der Waals surface area contributed by atoms with Crippen LogP contribution < -0.4 is 29.1 Å². The maximum Gasteiger partial charge on any atom is 0.124 e.